The van der Waals surface area contributed by atoms with Crippen LogP contribution in [0.1, 0.15) is 38.4 Å². The van der Waals surface area contributed by atoms with Crippen molar-refractivity contribution in [1.29, 1.82) is 0 Å². The Balaban J connectivity index is 2.42. The third kappa shape index (κ3) is 2.12. The number of fused-ring (bicyclic) bond motifs is 3. The van der Waals surface area contributed by atoms with Crippen LogP contribution < -0.4 is 0 Å². The summed E-state index contributed by atoms with van der Waals surface area (Å²) < 4.78 is 3.68. The molecule has 2 heterocycles. The molecule has 0 saturated heterocycles. The van der Waals surface area contributed by atoms with Crippen molar-refractivity contribution in [2.45, 2.75) is 39.7 Å². The largest absolute Gasteiger partial charge is 0.344 e. The maximum Gasteiger partial charge on any atom is 0.0737 e. The third-order valence-electron chi connectivity index (χ3n) is 4.14. The maximum absolute atomic E-state index is 4.77. The highest BCUT2D eigenvalue weighted by molar-refractivity contribution is 14.1. The molecule has 0 saturated carbocycles. The van der Waals surface area contributed by atoms with Gasteiger partial charge in [-0.1, -0.05) is 13.8 Å². The van der Waals surface area contributed by atoms with Crippen LogP contribution in [0.25, 0.3) is 21.8 Å². The molecule has 0 radical (unpaired) electrons. The second-order valence-corrected chi connectivity index (χ2v) is 6.56. The lowest BCUT2D eigenvalue weighted by molar-refractivity contribution is 0.486. The van der Waals surface area contributed by atoms with E-state index in [1.54, 1.807) is 0 Å². The van der Waals surface area contributed by atoms with Gasteiger partial charge < -0.3 is 4.57 Å². The van der Waals surface area contributed by atoms with Crippen molar-refractivity contribution in [3.63, 3.8) is 0 Å². The first-order chi connectivity index (χ1) is 9.65. The van der Waals surface area contributed by atoms with Crippen LogP contribution in [0.5, 0.6) is 0 Å². The first-order valence-corrected chi connectivity index (χ1v) is 8.30. The fourth-order valence-corrected chi connectivity index (χ4v) is 3.52. The molecule has 0 aliphatic carbocycles. The molecule has 20 heavy (non-hydrogen) atoms. The van der Waals surface area contributed by atoms with Crippen LogP contribution in [-0.2, 0) is 0 Å². The number of halogens is 1. The zero-order valence-corrected chi connectivity index (χ0v) is 14.3. The molecule has 2 nitrogen and oxygen atoms in total. The van der Waals surface area contributed by atoms with Crippen molar-refractivity contribution in [2.75, 3.05) is 0 Å². The quantitative estimate of drug-likeness (QED) is 0.553. The molecule has 0 atom stereocenters. The van der Waals surface area contributed by atoms with E-state index in [2.05, 4.69) is 78.4 Å². The van der Waals surface area contributed by atoms with E-state index < -0.39 is 0 Å². The van der Waals surface area contributed by atoms with Crippen LogP contribution in [0.15, 0.2) is 30.5 Å². The smallest absolute Gasteiger partial charge is 0.0737 e. The Hall–Kier alpha value is -1.10. The van der Waals surface area contributed by atoms with E-state index in [9.17, 15) is 0 Å². The number of nitrogens with zero attached hydrogens (tertiary/aromatic N) is 2. The van der Waals surface area contributed by atoms with Gasteiger partial charge in [0.25, 0.3) is 0 Å². The van der Waals surface area contributed by atoms with Crippen LogP contribution in [0, 0.1) is 10.5 Å². The number of hydrogen-bond donors (Lipinski definition) is 0. The van der Waals surface area contributed by atoms with Crippen molar-refractivity contribution in [2.24, 2.45) is 0 Å². The number of pyridine rings is 1. The van der Waals surface area contributed by atoms with Gasteiger partial charge in [0, 0.05) is 32.3 Å². The highest BCUT2D eigenvalue weighted by Gasteiger charge is 2.14. The van der Waals surface area contributed by atoms with E-state index in [-0.39, 0.29) is 0 Å². The number of hydrogen-bond acceptors (Lipinski definition) is 1. The van der Waals surface area contributed by atoms with E-state index in [0.29, 0.717) is 6.04 Å². The molecule has 0 N–H and O–H groups in total. The molecular formula is C17H19IN2. The minimum atomic E-state index is 0.566. The van der Waals surface area contributed by atoms with Gasteiger partial charge >= 0.3 is 0 Å². The first kappa shape index (κ1) is 13.9. The average Bonchev–Trinajstić information content (AvgIpc) is 2.86. The predicted molar refractivity (Wildman–Crippen MR) is 94.3 cm³/mol. The van der Waals surface area contributed by atoms with Gasteiger partial charge in [0.2, 0.25) is 0 Å². The molecule has 0 spiro atoms. The Bertz CT molecular complexity index is 769. The predicted octanol–water partition coefficient (Wildman–Crippen LogP) is 5.46. The molecular weight excluding hydrogens is 359 g/mol. The number of benzene rings is 1. The topological polar surface area (TPSA) is 17.8 Å². The lowest BCUT2D eigenvalue weighted by Crippen LogP contribution is -2.05. The summed E-state index contributed by atoms with van der Waals surface area (Å²) in [6.45, 7) is 6.64. The van der Waals surface area contributed by atoms with Crippen LogP contribution in [0.4, 0.5) is 0 Å². The summed E-state index contributed by atoms with van der Waals surface area (Å²) >= 11 is 2.35. The van der Waals surface area contributed by atoms with Crippen molar-refractivity contribution < 1.29 is 0 Å². The number of rotatable bonds is 3. The molecule has 0 aliphatic rings. The summed E-state index contributed by atoms with van der Waals surface area (Å²) in [5.74, 6) is 0. The average molecular weight is 378 g/mol. The van der Waals surface area contributed by atoms with Gasteiger partial charge in [-0.05, 0) is 66.6 Å². The van der Waals surface area contributed by atoms with Gasteiger partial charge in [-0.25, -0.2) is 0 Å². The molecule has 0 bridgehead atoms. The SMILES string of the molecule is CCC(CC)n1ccc2c(C)nc3cc(I)ccc3c21. The highest BCUT2D eigenvalue weighted by atomic mass is 127. The van der Waals surface area contributed by atoms with E-state index in [1.165, 1.54) is 19.9 Å². The van der Waals surface area contributed by atoms with Crippen molar-refractivity contribution >= 4 is 44.4 Å². The summed E-state index contributed by atoms with van der Waals surface area (Å²) in [7, 11) is 0. The monoisotopic (exact) mass is 378 g/mol. The van der Waals surface area contributed by atoms with Crippen LogP contribution in [0.3, 0.4) is 0 Å². The molecule has 3 rings (SSSR count). The molecule has 0 aliphatic heterocycles. The standard InChI is InChI=1S/C17H19IN2/c1-4-13(5-2)20-9-8-14-11(3)19-16-10-12(18)6-7-15(16)17(14)20/h6-10,13H,4-5H2,1-3H3. The van der Waals surface area contributed by atoms with E-state index in [1.807, 2.05) is 0 Å². The summed E-state index contributed by atoms with van der Waals surface area (Å²) in [6, 6.07) is 9.34. The fourth-order valence-electron chi connectivity index (χ4n) is 3.05. The van der Waals surface area contributed by atoms with Gasteiger partial charge in [0.15, 0.2) is 0 Å². The number of aryl methyl sites for hydroxylation is 1. The molecule has 2 aromatic heterocycles. The highest BCUT2D eigenvalue weighted by Crippen LogP contribution is 2.31. The summed E-state index contributed by atoms with van der Waals surface area (Å²) in [6.07, 6.45) is 4.55. The summed E-state index contributed by atoms with van der Waals surface area (Å²) in [4.78, 5) is 4.77. The fraction of sp³-hybridized carbons (Fsp3) is 0.353. The minimum Gasteiger partial charge on any atom is -0.344 e. The minimum absolute atomic E-state index is 0.566. The van der Waals surface area contributed by atoms with Gasteiger partial charge in [0.1, 0.15) is 0 Å². The normalized spacial score (nSPS) is 11.8. The van der Waals surface area contributed by atoms with Gasteiger partial charge in [-0.3, -0.25) is 4.98 Å². The van der Waals surface area contributed by atoms with Gasteiger partial charge in [-0.2, -0.15) is 0 Å². The van der Waals surface area contributed by atoms with Crippen LogP contribution >= 0.6 is 22.6 Å². The van der Waals surface area contributed by atoms with Crippen LogP contribution in [-0.4, -0.2) is 9.55 Å². The Morgan fingerprint density at radius 3 is 2.60 bits per heavy atom. The molecule has 104 valence electrons. The summed E-state index contributed by atoms with van der Waals surface area (Å²) in [5, 5.41) is 2.55. The van der Waals surface area contributed by atoms with Crippen molar-refractivity contribution in [3.8, 4) is 0 Å². The van der Waals surface area contributed by atoms with Gasteiger partial charge in [0.05, 0.1) is 11.0 Å². The van der Waals surface area contributed by atoms with Crippen molar-refractivity contribution in [3.05, 3.63) is 39.7 Å². The third-order valence-corrected chi connectivity index (χ3v) is 4.81. The Morgan fingerprint density at radius 1 is 1.15 bits per heavy atom. The van der Waals surface area contributed by atoms with Crippen molar-refractivity contribution in [1.82, 2.24) is 9.55 Å². The molecule has 0 unspecified atom stereocenters. The Labute approximate surface area is 133 Å². The zero-order chi connectivity index (χ0) is 14.3. The second kappa shape index (κ2) is 5.35. The Morgan fingerprint density at radius 2 is 1.90 bits per heavy atom. The van der Waals surface area contributed by atoms with E-state index in [4.69, 9.17) is 4.98 Å². The maximum atomic E-state index is 4.77. The molecule has 1 aromatic carbocycles. The van der Waals surface area contributed by atoms with E-state index in [0.717, 1.165) is 24.1 Å². The first-order valence-electron chi connectivity index (χ1n) is 7.22. The second-order valence-electron chi connectivity index (χ2n) is 5.31. The summed E-state index contributed by atoms with van der Waals surface area (Å²) in [5.41, 5.74) is 3.57. The molecule has 0 fully saturated rings. The van der Waals surface area contributed by atoms with Gasteiger partial charge in [-0.15, -0.1) is 0 Å². The molecule has 3 heteroatoms. The molecule has 0 amide bonds. The van der Waals surface area contributed by atoms with Crippen LogP contribution in [0.2, 0.25) is 0 Å². The van der Waals surface area contributed by atoms with E-state index >= 15 is 0 Å². The lowest BCUT2D eigenvalue weighted by atomic mass is 10.1. The molecule has 3 aromatic rings. The number of aromatic nitrogens is 2. The zero-order valence-electron chi connectivity index (χ0n) is 12.2. The Kier molecular flexibility index (Phi) is 3.71. The lowest BCUT2D eigenvalue weighted by Gasteiger charge is -2.17.